The van der Waals surface area contributed by atoms with Crippen LogP contribution in [0.5, 0.6) is 0 Å². The lowest BCUT2D eigenvalue weighted by molar-refractivity contribution is 0.0763. The molecule has 0 bridgehead atoms. The lowest BCUT2D eigenvalue weighted by atomic mass is 10.1. The minimum absolute atomic E-state index is 0.101. The van der Waals surface area contributed by atoms with E-state index in [-0.39, 0.29) is 22.7 Å². The van der Waals surface area contributed by atoms with E-state index in [1.54, 1.807) is 4.90 Å². The summed E-state index contributed by atoms with van der Waals surface area (Å²) in [5.74, 6) is -0.654. The largest absolute Gasteiger partial charge is 0.378 e. The van der Waals surface area contributed by atoms with E-state index in [2.05, 4.69) is 9.88 Å². The second-order valence-electron chi connectivity index (χ2n) is 9.13. The molecule has 1 aromatic carbocycles. The highest BCUT2D eigenvalue weighted by Crippen LogP contribution is 2.32. The molecule has 8 nitrogen and oxygen atoms in total. The third-order valence-electron chi connectivity index (χ3n) is 6.88. The number of carbonyl (C=O) groups excluding carboxylic acids is 1. The van der Waals surface area contributed by atoms with Crippen LogP contribution in [0, 0.1) is 5.82 Å². The molecule has 4 aromatic rings. The molecule has 10 heteroatoms. The molecule has 5 heterocycles. The number of aromatic nitrogens is 2. The number of likely N-dealkylation sites (N-methyl/N-ethyl adjacent to an activating group) is 1. The van der Waals surface area contributed by atoms with Crippen molar-refractivity contribution in [1.82, 2.24) is 19.2 Å². The zero-order valence-corrected chi connectivity index (χ0v) is 20.3. The van der Waals surface area contributed by atoms with E-state index in [0.29, 0.717) is 49.9 Å². The van der Waals surface area contributed by atoms with Crippen molar-refractivity contribution in [3.8, 4) is 0 Å². The van der Waals surface area contributed by atoms with Crippen molar-refractivity contribution in [3.05, 3.63) is 51.9 Å². The average Bonchev–Trinajstić information content (AvgIpc) is 3.11. The Hall–Kier alpha value is -3.08. The highest BCUT2D eigenvalue weighted by atomic mass is 32.1. The molecular weight excluding hydrogens is 469 g/mol. The first-order valence-corrected chi connectivity index (χ1v) is 12.7. The molecule has 182 valence electrons. The fraction of sp³-hybridized carbons (Fsp3) is 0.400. The summed E-state index contributed by atoms with van der Waals surface area (Å²) >= 11 is 1.40. The zero-order valence-electron chi connectivity index (χ0n) is 19.5. The molecule has 2 fully saturated rings. The van der Waals surface area contributed by atoms with Crippen LogP contribution in [0.2, 0.25) is 0 Å². The molecule has 0 atom stereocenters. The summed E-state index contributed by atoms with van der Waals surface area (Å²) in [5, 5.41) is 0.121. The minimum Gasteiger partial charge on any atom is -0.378 e. The molecule has 6 rings (SSSR count). The molecule has 2 aliphatic rings. The number of rotatable bonds is 2. The fourth-order valence-corrected chi connectivity index (χ4v) is 6.17. The second kappa shape index (κ2) is 8.85. The fourth-order valence-electron chi connectivity index (χ4n) is 4.99. The molecule has 0 saturated carbocycles. The van der Waals surface area contributed by atoms with Crippen molar-refractivity contribution < 1.29 is 13.9 Å². The zero-order chi connectivity index (χ0) is 24.1. The van der Waals surface area contributed by atoms with Gasteiger partial charge in [0.25, 0.3) is 5.91 Å². The molecule has 2 aliphatic heterocycles. The van der Waals surface area contributed by atoms with Gasteiger partial charge in [-0.25, -0.2) is 9.37 Å². The molecule has 0 aliphatic carbocycles. The van der Waals surface area contributed by atoms with Crippen LogP contribution in [0.3, 0.4) is 0 Å². The van der Waals surface area contributed by atoms with Crippen LogP contribution < -0.4 is 10.3 Å². The Labute approximate surface area is 205 Å². The number of pyridine rings is 2. The number of amides is 1. The summed E-state index contributed by atoms with van der Waals surface area (Å²) in [6.07, 6.45) is 0.839. The number of carbonyl (C=O) groups is 1. The van der Waals surface area contributed by atoms with Gasteiger partial charge in [-0.3, -0.25) is 14.0 Å². The Morgan fingerprint density at radius 3 is 2.71 bits per heavy atom. The van der Waals surface area contributed by atoms with Crippen LogP contribution in [-0.4, -0.2) is 84.6 Å². The summed E-state index contributed by atoms with van der Waals surface area (Å²) in [6, 6.07) is 9.00. The maximum Gasteiger partial charge on any atom is 0.260 e. The molecule has 0 N–H and O–H groups in total. The van der Waals surface area contributed by atoms with Crippen molar-refractivity contribution in [2.75, 3.05) is 64.4 Å². The predicted molar refractivity (Wildman–Crippen MR) is 135 cm³/mol. The third-order valence-corrected chi connectivity index (χ3v) is 8.03. The number of fused-ring (bicyclic) bond motifs is 5. The van der Waals surface area contributed by atoms with E-state index >= 15 is 4.39 Å². The molecule has 3 aromatic heterocycles. The predicted octanol–water partition coefficient (Wildman–Crippen LogP) is 2.82. The lowest BCUT2D eigenvalue weighted by Gasteiger charge is -2.28. The monoisotopic (exact) mass is 495 g/mol. The topological polar surface area (TPSA) is 70.4 Å². The van der Waals surface area contributed by atoms with Crippen molar-refractivity contribution in [3.63, 3.8) is 0 Å². The van der Waals surface area contributed by atoms with Crippen molar-refractivity contribution in [2.45, 2.75) is 6.42 Å². The second-order valence-corrected chi connectivity index (χ2v) is 10.2. The number of ether oxygens (including phenoxy) is 1. The van der Waals surface area contributed by atoms with Gasteiger partial charge in [0.05, 0.1) is 28.8 Å². The summed E-state index contributed by atoms with van der Waals surface area (Å²) in [7, 11) is 2.03. The van der Waals surface area contributed by atoms with Gasteiger partial charge in [-0.2, -0.15) is 0 Å². The highest BCUT2D eigenvalue weighted by molar-refractivity contribution is 7.24. The average molecular weight is 496 g/mol. The van der Waals surface area contributed by atoms with Gasteiger partial charge in [0.15, 0.2) is 17.3 Å². The number of hydrogen-bond acceptors (Lipinski definition) is 7. The smallest absolute Gasteiger partial charge is 0.260 e. The molecule has 35 heavy (non-hydrogen) atoms. The van der Waals surface area contributed by atoms with Crippen LogP contribution in [-0.2, 0) is 4.74 Å². The number of halogens is 1. The quantitative estimate of drug-likeness (QED) is 0.426. The van der Waals surface area contributed by atoms with Crippen LogP contribution in [0.15, 0.2) is 35.1 Å². The number of thiazole rings is 1. The number of morpholine rings is 1. The maximum absolute atomic E-state index is 15.3. The summed E-state index contributed by atoms with van der Waals surface area (Å²) in [6.45, 7) is 4.82. The Balaban J connectivity index is 1.62. The molecule has 1 amide bonds. The Kier molecular flexibility index (Phi) is 5.66. The van der Waals surface area contributed by atoms with Crippen molar-refractivity contribution in [2.24, 2.45) is 0 Å². The van der Waals surface area contributed by atoms with E-state index in [1.165, 1.54) is 17.4 Å². The number of para-hydroxylation sites is 1. The Morgan fingerprint density at radius 1 is 1.09 bits per heavy atom. The van der Waals surface area contributed by atoms with Gasteiger partial charge in [-0.05, 0) is 38.2 Å². The van der Waals surface area contributed by atoms with E-state index in [0.717, 1.165) is 29.7 Å². The first-order valence-electron chi connectivity index (χ1n) is 11.9. The van der Waals surface area contributed by atoms with Gasteiger partial charge >= 0.3 is 0 Å². The first-order chi connectivity index (χ1) is 17.0. The van der Waals surface area contributed by atoms with Crippen LogP contribution in [0.25, 0.3) is 26.1 Å². The number of anilines is 1. The van der Waals surface area contributed by atoms with Crippen LogP contribution >= 0.6 is 11.3 Å². The maximum atomic E-state index is 15.3. The number of benzene rings is 1. The first kappa shape index (κ1) is 22.4. The minimum atomic E-state index is -0.564. The summed E-state index contributed by atoms with van der Waals surface area (Å²) in [4.78, 5) is 38.6. The van der Waals surface area contributed by atoms with Gasteiger partial charge in [0.2, 0.25) is 5.43 Å². The van der Waals surface area contributed by atoms with Crippen molar-refractivity contribution in [1.29, 1.82) is 0 Å². The van der Waals surface area contributed by atoms with E-state index < -0.39 is 11.2 Å². The van der Waals surface area contributed by atoms with Gasteiger partial charge in [0, 0.05) is 32.7 Å². The molecular formula is C25H26FN5O3S. The van der Waals surface area contributed by atoms with E-state index in [1.807, 2.05) is 40.6 Å². The summed E-state index contributed by atoms with van der Waals surface area (Å²) < 4.78 is 23.5. The van der Waals surface area contributed by atoms with E-state index in [4.69, 9.17) is 4.74 Å². The van der Waals surface area contributed by atoms with Crippen molar-refractivity contribution >= 4 is 49.1 Å². The highest BCUT2D eigenvalue weighted by Gasteiger charge is 2.28. The lowest BCUT2D eigenvalue weighted by Crippen LogP contribution is -2.38. The van der Waals surface area contributed by atoms with Crippen LogP contribution in [0.4, 0.5) is 10.2 Å². The normalized spacial score (nSPS) is 18.0. The van der Waals surface area contributed by atoms with Gasteiger partial charge in [-0.15, -0.1) is 11.3 Å². The number of nitrogens with zero attached hydrogens (tertiary/aromatic N) is 5. The third kappa shape index (κ3) is 3.76. The van der Waals surface area contributed by atoms with Gasteiger partial charge in [-0.1, -0.05) is 12.1 Å². The standard InChI is InChI=1S/C25H26FN5O3S/c1-28-7-4-8-30(10-9-28)24(33)20-21(32)16-15-17(26)23(29-11-13-34-14-12-29)27-22(16)31-18-5-2-3-6-19(18)35-25(20)31/h2-3,5-6,15H,4,7-14H2,1H3. The van der Waals surface area contributed by atoms with Gasteiger partial charge < -0.3 is 19.4 Å². The molecule has 2 saturated heterocycles. The SMILES string of the molecule is CN1CCCN(C(=O)c2c(=O)c3cc(F)c(N4CCOCC4)nc3n3c2sc2ccccc23)CC1. The summed E-state index contributed by atoms with van der Waals surface area (Å²) in [5.41, 5.74) is 0.851. The number of hydrogen-bond donors (Lipinski definition) is 0. The molecule has 0 unspecified atom stereocenters. The molecule has 0 radical (unpaired) electrons. The Bertz CT molecular complexity index is 1510. The van der Waals surface area contributed by atoms with E-state index in [9.17, 15) is 9.59 Å². The van der Waals surface area contributed by atoms with Gasteiger partial charge in [0.1, 0.15) is 10.4 Å². The van der Waals surface area contributed by atoms with Crippen LogP contribution in [0.1, 0.15) is 16.8 Å². The Morgan fingerprint density at radius 2 is 1.89 bits per heavy atom. The molecule has 0 spiro atoms.